The molecule has 2 N–H and O–H groups in total. The number of benzene rings is 1. The van der Waals surface area contributed by atoms with Crippen LogP contribution in [0.3, 0.4) is 0 Å². The van der Waals surface area contributed by atoms with Crippen molar-refractivity contribution in [3.63, 3.8) is 0 Å². The molecule has 100 valence electrons. The lowest BCUT2D eigenvalue weighted by Crippen LogP contribution is -2.36. The van der Waals surface area contributed by atoms with Crippen molar-refractivity contribution in [3.05, 3.63) is 24.0 Å². The van der Waals surface area contributed by atoms with Crippen LogP contribution in [0, 0.1) is 5.82 Å². The maximum atomic E-state index is 13.2. The Kier molecular flexibility index (Phi) is 5.38. The summed E-state index contributed by atoms with van der Waals surface area (Å²) in [7, 11) is 1.42. The van der Waals surface area contributed by atoms with Gasteiger partial charge in [-0.2, -0.15) is 0 Å². The van der Waals surface area contributed by atoms with Crippen LogP contribution < -0.4 is 10.1 Å². The minimum Gasteiger partial charge on any atom is -0.497 e. The summed E-state index contributed by atoms with van der Waals surface area (Å²) in [5.74, 6) is -0.162. The molecule has 2 amide bonds. The van der Waals surface area contributed by atoms with E-state index >= 15 is 0 Å². The lowest BCUT2D eigenvalue weighted by Gasteiger charge is -2.20. The first-order valence-corrected chi connectivity index (χ1v) is 5.62. The molecular weight excluding hydrogens is 239 g/mol. The van der Waals surface area contributed by atoms with E-state index in [-0.39, 0.29) is 19.2 Å². The van der Waals surface area contributed by atoms with Crippen LogP contribution in [-0.4, -0.2) is 42.8 Å². The van der Waals surface area contributed by atoms with Crippen LogP contribution in [0.4, 0.5) is 14.9 Å². The first kappa shape index (κ1) is 14.2. The van der Waals surface area contributed by atoms with Crippen LogP contribution in [-0.2, 0) is 0 Å². The molecule has 0 radical (unpaired) electrons. The van der Waals surface area contributed by atoms with Gasteiger partial charge < -0.3 is 20.1 Å². The number of halogens is 1. The van der Waals surface area contributed by atoms with Gasteiger partial charge in [-0.3, -0.25) is 0 Å². The largest absolute Gasteiger partial charge is 0.497 e. The Hall–Kier alpha value is -1.82. The Bertz CT molecular complexity index is 412. The van der Waals surface area contributed by atoms with E-state index in [0.717, 1.165) is 0 Å². The fourth-order valence-electron chi connectivity index (χ4n) is 1.48. The third kappa shape index (κ3) is 3.89. The van der Waals surface area contributed by atoms with Crippen molar-refractivity contribution in [3.8, 4) is 5.75 Å². The van der Waals surface area contributed by atoms with Gasteiger partial charge >= 0.3 is 6.03 Å². The molecule has 0 aliphatic rings. The highest BCUT2D eigenvalue weighted by Crippen LogP contribution is 2.20. The maximum absolute atomic E-state index is 13.2. The highest BCUT2D eigenvalue weighted by Gasteiger charge is 2.11. The van der Waals surface area contributed by atoms with Gasteiger partial charge in [0.15, 0.2) is 0 Å². The van der Waals surface area contributed by atoms with Gasteiger partial charge in [-0.05, 0) is 13.0 Å². The minimum atomic E-state index is -0.491. The zero-order valence-electron chi connectivity index (χ0n) is 10.4. The predicted octanol–water partition coefficient (Wildman–Crippen LogP) is 1.68. The number of urea groups is 1. The minimum absolute atomic E-state index is 0.117. The van der Waals surface area contributed by atoms with E-state index in [2.05, 4.69) is 5.32 Å². The number of likely N-dealkylation sites (N-methyl/N-ethyl adjacent to an activating group) is 1. The third-order valence-electron chi connectivity index (χ3n) is 2.40. The summed E-state index contributed by atoms with van der Waals surface area (Å²) in [6.45, 7) is 2.36. The number of aliphatic hydroxyl groups excluding tert-OH is 1. The van der Waals surface area contributed by atoms with E-state index < -0.39 is 5.82 Å². The van der Waals surface area contributed by atoms with Crippen molar-refractivity contribution in [2.24, 2.45) is 0 Å². The summed E-state index contributed by atoms with van der Waals surface area (Å²) in [5.41, 5.74) is 0.313. The number of nitrogens with zero attached hydrogens (tertiary/aromatic N) is 1. The highest BCUT2D eigenvalue weighted by molar-refractivity contribution is 5.89. The fourth-order valence-corrected chi connectivity index (χ4v) is 1.48. The molecule has 0 atom stereocenters. The summed E-state index contributed by atoms with van der Waals surface area (Å²) in [6.07, 6.45) is 0. The number of carbonyl (C=O) groups is 1. The topological polar surface area (TPSA) is 61.8 Å². The number of anilines is 1. The lowest BCUT2D eigenvalue weighted by molar-refractivity contribution is 0.192. The lowest BCUT2D eigenvalue weighted by atomic mass is 10.3. The average molecular weight is 256 g/mol. The summed E-state index contributed by atoms with van der Waals surface area (Å²) in [4.78, 5) is 13.2. The standard InChI is InChI=1S/C12H17FN2O3/c1-3-15(4-5-16)12(17)14-10-6-9(13)7-11(8-10)18-2/h6-8,16H,3-5H2,1-2H3,(H,14,17). The first-order chi connectivity index (χ1) is 8.60. The van der Waals surface area contributed by atoms with E-state index in [1.807, 2.05) is 0 Å². The Morgan fingerprint density at radius 1 is 1.50 bits per heavy atom. The smallest absolute Gasteiger partial charge is 0.321 e. The number of rotatable bonds is 5. The number of aliphatic hydroxyl groups is 1. The van der Waals surface area contributed by atoms with Crippen LogP contribution in [0.5, 0.6) is 5.75 Å². The van der Waals surface area contributed by atoms with Crippen molar-refractivity contribution in [1.29, 1.82) is 0 Å². The van der Waals surface area contributed by atoms with Gasteiger partial charge in [0, 0.05) is 30.9 Å². The number of hydrogen-bond donors (Lipinski definition) is 2. The van der Waals surface area contributed by atoms with E-state index in [1.54, 1.807) is 6.92 Å². The van der Waals surface area contributed by atoms with E-state index in [0.29, 0.717) is 18.0 Å². The number of methoxy groups -OCH3 is 1. The van der Waals surface area contributed by atoms with Crippen LogP contribution in [0.2, 0.25) is 0 Å². The molecule has 0 saturated heterocycles. The Balaban J connectivity index is 2.77. The molecule has 1 rings (SSSR count). The van der Waals surface area contributed by atoms with Gasteiger partial charge in [0.2, 0.25) is 0 Å². The van der Waals surface area contributed by atoms with Crippen molar-refractivity contribution in [2.75, 3.05) is 32.1 Å². The predicted molar refractivity (Wildman–Crippen MR) is 66.3 cm³/mol. The zero-order valence-corrected chi connectivity index (χ0v) is 10.4. The number of amides is 2. The molecule has 1 aromatic carbocycles. The second-order valence-corrected chi connectivity index (χ2v) is 3.61. The van der Waals surface area contributed by atoms with Gasteiger partial charge in [0.25, 0.3) is 0 Å². The number of hydrogen-bond acceptors (Lipinski definition) is 3. The Morgan fingerprint density at radius 3 is 2.78 bits per heavy atom. The van der Waals surface area contributed by atoms with E-state index in [4.69, 9.17) is 9.84 Å². The zero-order chi connectivity index (χ0) is 13.5. The molecule has 18 heavy (non-hydrogen) atoms. The molecule has 0 aliphatic carbocycles. The molecular formula is C12H17FN2O3. The second kappa shape index (κ2) is 6.80. The molecule has 0 saturated carbocycles. The van der Waals surface area contributed by atoms with Crippen molar-refractivity contribution >= 4 is 11.7 Å². The highest BCUT2D eigenvalue weighted by atomic mass is 19.1. The second-order valence-electron chi connectivity index (χ2n) is 3.61. The van der Waals surface area contributed by atoms with Gasteiger partial charge in [0.05, 0.1) is 13.7 Å². The molecule has 0 heterocycles. The Labute approximate surface area is 105 Å². The first-order valence-electron chi connectivity index (χ1n) is 5.62. The SMILES string of the molecule is CCN(CCO)C(=O)Nc1cc(F)cc(OC)c1. The molecule has 0 fully saturated rings. The maximum Gasteiger partial charge on any atom is 0.321 e. The molecule has 0 bridgehead atoms. The normalized spacial score (nSPS) is 10.0. The molecule has 0 unspecified atom stereocenters. The van der Waals surface area contributed by atoms with Crippen LogP contribution in [0.1, 0.15) is 6.92 Å². The summed E-state index contributed by atoms with van der Waals surface area (Å²) in [5, 5.41) is 11.4. The Morgan fingerprint density at radius 2 is 2.22 bits per heavy atom. The molecule has 1 aromatic rings. The van der Waals surface area contributed by atoms with Crippen molar-refractivity contribution in [2.45, 2.75) is 6.92 Å². The van der Waals surface area contributed by atoms with E-state index in [1.165, 1.54) is 30.2 Å². The molecule has 0 spiro atoms. The van der Waals surface area contributed by atoms with Crippen molar-refractivity contribution in [1.82, 2.24) is 4.90 Å². The summed E-state index contributed by atoms with van der Waals surface area (Å²) < 4.78 is 18.1. The number of nitrogens with one attached hydrogen (secondary N) is 1. The molecule has 0 aliphatic heterocycles. The summed E-state index contributed by atoms with van der Waals surface area (Å²) in [6, 6.07) is 3.56. The van der Waals surface area contributed by atoms with Crippen LogP contribution >= 0.6 is 0 Å². The number of carbonyl (C=O) groups excluding carboxylic acids is 1. The third-order valence-corrected chi connectivity index (χ3v) is 2.40. The quantitative estimate of drug-likeness (QED) is 0.842. The molecule has 5 nitrogen and oxygen atoms in total. The monoisotopic (exact) mass is 256 g/mol. The van der Waals surface area contributed by atoms with Crippen molar-refractivity contribution < 1.29 is 19.0 Å². The van der Waals surface area contributed by atoms with Crippen LogP contribution in [0.25, 0.3) is 0 Å². The summed E-state index contributed by atoms with van der Waals surface area (Å²) >= 11 is 0. The van der Waals surface area contributed by atoms with Gasteiger partial charge in [-0.15, -0.1) is 0 Å². The van der Waals surface area contributed by atoms with Gasteiger partial charge in [-0.25, -0.2) is 9.18 Å². The van der Waals surface area contributed by atoms with Gasteiger partial charge in [0.1, 0.15) is 11.6 Å². The van der Waals surface area contributed by atoms with E-state index in [9.17, 15) is 9.18 Å². The van der Waals surface area contributed by atoms with Gasteiger partial charge in [-0.1, -0.05) is 0 Å². The average Bonchev–Trinajstić information content (AvgIpc) is 2.34. The van der Waals surface area contributed by atoms with Crippen LogP contribution in [0.15, 0.2) is 18.2 Å². The molecule has 6 heteroatoms. The fraction of sp³-hybridized carbons (Fsp3) is 0.417. The molecule has 0 aromatic heterocycles. The number of ether oxygens (including phenoxy) is 1.